The van der Waals surface area contributed by atoms with Crippen molar-refractivity contribution in [2.45, 2.75) is 18.2 Å². The largest absolute Gasteiger partial charge is 0.396 e. The van der Waals surface area contributed by atoms with Gasteiger partial charge in [0.25, 0.3) is 10.1 Å². The first-order valence-corrected chi connectivity index (χ1v) is 5.80. The van der Waals surface area contributed by atoms with Gasteiger partial charge in [-0.05, 0) is 6.92 Å². The second-order valence-corrected chi connectivity index (χ2v) is 5.36. The average Bonchev–Trinajstić information content (AvgIpc) is 2.18. The fourth-order valence-corrected chi connectivity index (χ4v) is 1.81. The average molecular weight is 243 g/mol. The van der Waals surface area contributed by atoms with Gasteiger partial charge in [-0.15, -0.1) is 0 Å². The van der Waals surface area contributed by atoms with Crippen LogP contribution in [0.3, 0.4) is 0 Å². The van der Waals surface area contributed by atoms with Crippen LogP contribution in [0.15, 0.2) is 0 Å². The zero-order valence-electron chi connectivity index (χ0n) is 8.37. The van der Waals surface area contributed by atoms with E-state index in [1.807, 2.05) is 0 Å². The maximum absolute atomic E-state index is 10.8. The molecule has 0 aliphatic carbocycles. The molecular formula is C7H17NO6S. The summed E-state index contributed by atoms with van der Waals surface area (Å²) in [6.07, 6.45) is 0. The lowest BCUT2D eigenvalue weighted by Gasteiger charge is -2.35. The minimum absolute atomic E-state index is 0.680. The normalized spacial score (nSPS) is 17.5. The molecule has 0 aromatic carbocycles. The highest BCUT2D eigenvalue weighted by Crippen LogP contribution is 2.23. The van der Waals surface area contributed by atoms with Crippen LogP contribution >= 0.6 is 0 Å². The summed E-state index contributed by atoms with van der Waals surface area (Å²) < 4.78 is 30.3. The minimum Gasteiger partial charge on any atom is -0.396 e. The van der Waals surface area contributed by atoms with Gasteiger partial charge in [0.2, 0.25) is 0 Å². The molecule has 0 spiro atoms. The third-order valence-electron chi connectivity index (χ3n) is 2.63. The lowest BCUT2D eigenvalue weighted by molar-refractivity contribution is -0.0135. The van der Waals surface area contributed by atoms with Crippen LogP contribution in [0.25, 0.3) is 0 Å². The Hall–Kier alpha value is -0.250. The summed E-state index contributed by atoms with van der Waals surface area (Å²) in [6, 6.07) is -1.27. The molecule has 0 saturated heterocycles. The van der Waals surface area contributed by atoms with Crippen molar-refractivity contribution in [3.05, 3.63) is 0 Å². The first-order valence-electron chi connectivity index (χ1n) is 4.29. The Morgan fingerprint density at radius 3 is 1.73 bits per heavy atom. The number of rotatable bonds is 6. The highest BCUT2D eigenvalue weighted by atomic mass is 32.2. The predicted octanol–water partition coefficient (Wildman–Crippen LogP) is -2.45. The van der Waals surface area contributed by atoms with Crippen LogP contribution in [0, 0.1) is 5.41 Å². The summed E-state index contributed by atoms with van der Waals surface area (Å²) in [7, 11) is -4.37. The summed E-state index contributed by atoms with van der Waals surface area (Å²) in [5.41, 5.74) is 3.96. The molecular weight excluding hydrogens is 226 g/mol. The smallest absolute Gasteiger partial charge is 0.269 e. The van der Waals surface area contributed by atoms with E-state index in [9.17, 15) is 8.42 Å². The van der Waals surface area contributed by atoms with Gasteiger partial charge in [0.1, 0.15) is 0 Å². The Bertz CT molecular complexity index is 278. The van der Waals surface area contributed by atoms with Crippen LogP contribution in [-0.4, -0.2) is 59.4 Å². The zero-order valence-corrected chi connectivity index (χ0v) is 9.18. The minimum atomic E-state index is -4.37. The maximum atomic E-state index is 10.8. The molecule has 0 fully saturated rings. The molecule has 0 heterocycles. The molecule has 6 N–H and O–H groups in total. The van der Waals surface area contributed by atoms with Crippen LogP contribution in [0.4, 0.5) is 0 Å². The molecule has 0 aromatic heterocycles. The second-order valence-electron chi connectivity index (χ2n) is 3.58. The Kier molecular flexibility index (Phi) is 5.10. The fourth-order valence-electron chi connectivity index (χ4n) is 1.15. The molecule has 92 valence electrons. The lowest BCUT2D eigenvalue weighted by atomic mass is 9.81. The highest BCUT2D eigenvalue weighted by molar-refractivity contribution is 7.86. The van der Waals surface area contributed by atoms with Gasteiger partial charge in [-0.2, -0.15) is 8.42 Å². The molecule has 0 aliphatic rings. The molecule has 0 amide bonds. The number of hydrogen-bond acceptors (Lipinski definition) is 6. The molecule has 0 radical (unpaired) electrons. The second kappa shape index (κ2) is 5.19. The van der Waals surface area contributed by atoms with Crippen LogP contribution in [0.2, 0.25) is 0 Å². The standard InChI is InChI=1S/C7H17NO6S/c1-5(15(12,13)14)6(8)7(2-9,3-10)4-11/h5-6,9-11H,2-4,8H2,1H3,(H,12,13,14). The monoisotopic (exact) mass is 243 g/mol. The fraction of sp³-hybridized carbons (Fsp3) is 1.00. The van der Waals surface area contributed by atoms with E-state index in [0.717, 1.165) is 6.92 Å². The van der Waals surface area contributed by atoms with Gasteiger partial charge in [-0.3, -0.25) is 4.55 Å². The first kappa shape index (κ1) is 14.8. The molecule has 7 nitrogen and oxygen atoms in total. The number of aliphatic hydroxyl groups excluding tert-OH is 3. The van der Waals surface area contributed by atoms with E-state index in [1.165, 1.54) is 0 Å². The van der Waals surface area contributed by atoms with Gasteiger partial charge in [0.15, 0.2) is 0 Å². The van der Waals surface area contributed by atoms with Crippen molar-refractivity contribution in [2.75, 3.05) is 19.8 Å². The third kappa shape index (κ3) is 3.10. The van der Waals surface area contributed by atoms with Crippen molar-refractivity contribution < 1.29 is 28.3 Å². The summed E-state index contributed by atoms with van der Waals surface area (Å²) in [5.74, 6) is 0. The molecule has 2 unspecified atom stereocenters. The molecule has 2 atom stereocenters. The van der Waals surface area contributed by atoms with Crippen LogP contribution in [0.1, 0.15) is 6.92 Å². The van der Waals surface area contributed by atoms with Gasteiger partial charge in [-0.25, -0.2) is 0 Å². The number of nitrogens with two attached hydrogens (primary N) is 1. The predicted molar refractivity (Wildman–Crippen MR) is 52.7 cm³/mol. The van der Waals surface area contributed by atoms with Crippen molar-refractivity contribution in [3.8, 4) is 0 Å². The van der Waals surface area contributed by atoms with Crippen LogP contribution < -0.4 is 5.73 Å². The summed E-state index contributed by atoms with van der Waals surface area (Å²) in [4.78, 5) is 0. The quantitative estimate of drug-likeness (QED) is 0.326. The summed E-state index contributed by atoms with van der Waals surface area (Å²) >= 11 is 0. The van der Waals surface area contributed by atoms with E-state index in [2.05, 4.69) is 0 Å². The van der Waals surface area contributed by atoms with E-state index in [4.69, 9.17) is 25.6 Å². The molecule has 0 aliphatic heterocycles. The van der Waals surface area contributed by atoms with E-state index in [0.29, 0.717) is 0 Å². The first-order chi connectivity index (χ1) is 6.75. The van der Waals surface area contributed by atoms with E-state index >= 15 is 0 Å². The number of aliphatic hydroxyl groups is 3. The van der Waals surface area contributed by atoms with Crippen molar-refractivity contribution in [1.82, 2.24) is 0 Å². The third-order valence-corrected chi connectivity index (χ3v) is 3.86. The van der Waals surface area contributed by atoms with E-state index in [-0.39, 0.29) is 0 Å². The van der Waals surface area contributed by atoms with Crippen molar-refractivity contribution in [1.29, 1.82) is 0 Å². The van der Waals surface area contributed by atoms with Crippen molar-refractivity contribution in [3.63, 3.8) is 0 Å². The van der Waals surface area contributed by atoms with Gasteiger partial charge >= 0.3 is 0 Å². The van der Waals surface area contributed by atoms with Crippen molar-refractivity contribution >= 4 is 10.1 Å². The Morgan fingerprint density at radius 2 is 1.53 bits per heavy atom. The molecule has 0 saturated carbocycles. The number of hydrogen-bond donors (Lipinski definition) is 5. The zero-order chi connectivity index (χ0) is 12.3. The van der Waals surface area contributed by atoms with Crippen LogP contribution in [-0.2, 0) is 10.1 Å². The molecule has 8 heteroatoms. The van der Waals surface area contributed by atoms with Gasteiger partial charge in [0.05, 0.1) is 30.5 Å². The van der Waals surface area contributed by atoms with E-state index < -0.39 is 46.6 Å². The Labute approximate surface area is 88.3 Å². The summed E-state index contributed by atoms with van der Waals surface area (Å²) in [5, 5.41) is 25.6. The van der Waals surface area contributed by atoms with Crippen LogP contribution in [0.5, 0.6) is 0 Å². The van der Waals surface area contributed by atoms with Gasteiger partial charge in [-0.1, -0.05) is 0 Å². The maximum Gasteiger partial charge on any atom is 0.269 e. The molecule has 0 aromatic rings. The van der Waals surface area contributed by atoms with Gasteiger partial charge in [0, 0.05) is 6.04 Å². The highest BCUT2D eigenvalue weighted by Gasteiger charge is 2.42. The topological polar surface area (TPSA) is 141 Å². The Morgan fingerprint density at radius 1 is 1.20 bits per heavy atom. The van der Waals surface area contributed by atoms with Crippen molar-refractivity contribution in [2.24, 2.45) is 11.1 Å². The molecule has 0 rings (SSSR count). The Balaban J connectivity index is 5.03. The SMILES string of the molecule is CC(C(N)C(CO)(CO)CO)S(=O)(=O)O. The lowest BCUT2D eigenvalue weighted by Crippen LogP contribution is -2.56. The summed E-state index contributed by atoms with van der Waals surface area (Å²) in [6.45, 7) is -0.904. The molecule has 0 bridgehead atoms. The molecule has 15 heavy (non-hydrogen) atoms. The van der Waals surface area contributed by atoms with Gasteiger partial charge < -0.3 is 21.1 Å². The van der Waals surface area contributed by atoms with E-state index in [1.54, 1.807) is 0 Å².